The zero-order chi connectivity index (χ0) is 12.3. The lowest BCUT2D eigenvalue weighted by Crippen LogP contribution is -2.10. The first-order valence-corrected chi connectivity index (χ1v) is 5.74. The molecule has 2 heterocycles. The second-order valence-electron chi connectivity index (χ2n) is 3.94. The molecule has 92 valence electrons. The van der Waals surface area contributed by atoms with Gasteiger partial charge in [0.25, 0.3) is 0 Å². The first-order valence-electron chi connectivity index (χ1n) is 5.74. The molecule has 0 aliphatic carbocycles. The molecule has 0 radical (unpaired) electrons. The Morgan fingerprint density at radius 3 is 2.94 bits per heavy atom. The van der Waals surface area contributed by atoms with Crippen molar-refractivity contribution in [3.05, 3.63) is 23.9 Å². The van der Waals surface area contributed by atoms with Crippen molar-refractivity contribution in [3.8, 4) is 0 Å². The standard InChI is InChI=1S/C11H18N6/c1-3-9-10(12)11(17(2)16-9)14-5-4-8-6-13-7-15-8/h6-7,14H,3-5,12H2,1-2H3,(H,13,15). The van der Waals surface area contributed by atoms with E-state index in [1.807, 2.05) is 20.2 Å². The lowest BCUT2D eigenvalue weighted by molar-refractivity contribution is 0.746. The average Bonchev–Trinajstić information content (AvgIpc) is 2.91. The van der Waals surface area contributed by atoms with E-state index in [1.165, 1.54) is 0 Å². The lowest BCUT2D eigenvalue weighted by atomic mass is 10.3. The number of aromatic nitrogens is 4. The minimum atomic E-state index is 0.750. The Morgan fingerprint density at radius 2 is 2.35 bits per heavy atom. The van der Waals surface area contributed by atoms with Gasteiger partial charge in [-0.15, -0.1) is 0 Å². The highest BCUT2D eigenvalue weighted by Gasteiger charge is 2.10. The number of aryl methyl sites for hydroxylation is 2. The van der Waals surface area contributed by atoms with Crippen molar-refractivity contribution in [1.29, 1.82) is 0 Å². The number of aromatic amines is 1. The van der Waals surface area contributed by atoms with Crippen molar-refractivity contribution in [2.24, 2.45) is 7.05 Å². The molecule has 6 heteroatoms. The normalized spacial score (nSPS) is 10.7. The van der Waals surface area contributed by atoms with E-state index in [1.54, 1.807) is 11.0 Å². The average molecular weight is 234 g/mol. The van der Waals surface area contributed by atoms with E-state index in [0.29, 0.717) is 0 Å². The van der Waals surface area contributed by atoms with E-state index in [4.69, 9.17) is 5.73 Å². The Kier molecular flexibility index (Phi) is 3.32. The molecule has 0 spiro atoms. The summed E-state index contributed by atoms with van der Waals surface area (Å²) >= 11 is 0. The number of nitrogens with zero attached hydrogens (tertiary/aromatic N) is 3. The van der Waals surface area contributed by atoms with Crippen LogP contribution in [0.15, 0.2) is 12.5 Å². The molecule has 0 atom stereocenters. The number of imidazole rings is 1. The molecule has 17 heavy (non-hydrogen) atoms. The van der Waals surface area contributed by atoms with E-state index in [2.05, 4.69) is 20.4 Å². The molecule has 2 rings (SSSR count). The second kappa shape index (κ2) is 4.90. The van der Waals surface area contributed by atoms with E-state index in [-0.39, 0.29) is 0 Å². The van der Waals surface area contributed by atoms with Crippen LogP contribution in [0.25, 0.3) is 0 Å². The van der Waals surface area contributed by atoms with Crippen molar-refractivity contribution in [2.75, 3.05) is 17.6 Å². The highest BCUT2D eigenvalue weighted by atomic mass is 15.3. The number of nitrogens with one attached hydrogen (secondary N) is 2. The molecule has 4 N–H and O–H groups in total. The van der Waals surface area contributed by atoms with Gasteiger partial charge in [0.1, 0.15) is 5.82 Å². The predicted molar refractivity (Wildman–Crippen MR) is 67.8 cm³/mol. The zero-order valence-corrected chi connectivity index (χ0v) is 10.2. The van der Waals surface area contributed by atoms with Crippen LogP contribution in [0.2, 0.25) is 0 Å². The molecule has 0 aromatic carbocycles. The summed E-state index contributed by atoms with van der Waals surface area (Å²) in [6.45, 7) is 2.85. The van der Waals surface area contributed by atoms with E-state index in [9.17, 15) is 0 Å². The summed E-state index contributed by atoms with van der Waals surface area (Å²) < 4.78 is 1.79. The van der Waals surface area contributed by atoms with Crippen LogP contribution in [0.3, 0.4) is 0 Å². The third-order valence-corrected chi connectivity index (χ3v) is 2.74. The van der Waals surface area contributed by atoms with Crippen LogP contribution >= 0.6 is 0 Å². The molecule has 2 aromatic rings. The first kappa shape index (κ1) is 11.5. The Balaban J connectivity index is 1.97. The minimum Gasteiger partial charge on any atom is -0.394 e. The Labute approximate surface area is 100 Å². The van der Waals surface area contributed by atoms with Crippen molar-refractivity contribution >= 4 is 11.5 Å². The molecule has 0 aliphatic rings. The number of nitrogen functional groups attached to an aromatic ring is 1. The molecule has 2 aromatic heterocycles. The summed E-state index contributed by atoms with van der Waals surface area (Å²) in [5.74, 6) is 0.890. The quantitative estimate of drug-likeness (QED) is 0.719. The van der Waals surface area contributed by atoms with Crippen molar-refractivity contribution in [2.45, 2.75) is 19.8 Å². The molecule has 0 saturated heterocycles. The topological polar surface area (TPSA) is 84.5 Å². The maximum absolute atomic E-state index is 6.01. The summed E-state index contributed by atoms with van der Waals surface area (Å²) in [7, 11) is 1.90. The number of rotatable bonds is 5. The van der Waals surface area contributed by atoms with Crippen molar-refractivity contribution in [1.82, 2.24) is 19.7 Å². The molecular weight excluding hydrogens is 216 g/mol. The molecule has 0 fully saturated rings. The largest absolute Gasteiger partial charge is 0.394 e. The molecule has 0 amide bonds. The summed E-state index contributed by atoms with van der Waals surface area (Å²) in [4.78, 5) is 7.04. The Morgan fingerprint density at radius 1 is 1.53 bits per heavy atom. The summed E-state index contributed by atoms with van der Waals surface area (Å²) in [5.41, 5.74) is 8.80. The monoisotopic (exact) mass is 234 g/mol. The van der Waals surface area contributed by atoms with E-state index < -0.39 is 0 Å². The van der Waals surface area contributed by atoms with Gasteiger partial charge >= 0.3 is 0 Å². The van der Waals surface area contributed by atoms with Crippen LogP contribution in [-0.4, -0.2) is 26.3 Å². The zero-order valence-electron chi connectivity index (χ0n) is 10.2. The first-order chi connectivity index (χ1) is 8.22. The molecule has 6 nitrogen and oxygen atoms in total. The smallest absolute Gasteiger partial charge is 0.147 e. The number of hydrogen-bond donors (Lipinski definition) is 3. The van der Waals surface area contributed by atoms with Gasteiger partial charge in [-0.1, -0.05) is 6.92 Å². The van der Waals surface area contributed by atoms with Crippen LogP contribution in [0.5, 0.6) is 0 Å². The van der Waals surface area contributed by atoms with Crippen LogP contribution < -0.4 is 11.1 Å². The van der Waals surface area contributed by atoms with Gasteiger partial charge in [0.15, 0.2) is 0 Å². The maximum atomic E-state index is 6.01. The highest BCUT2D eigenvalue weighted by molar-refractivity contribution is 5.64. The molecule has 0 unspecified atom stereocenters. The Bertz CT molecular complexity index is 470. The fraction of sp³-hybridized carbons (Fsp3) is 0.455. The van der Waals surface area contributed by atoms with Gasteiger partial charge in [-0.25, -0.2) is 4.98 Å². The third kappa shape index (κ3) is 2.41. The fourth-order valence-electron chi connectivity index (χ4n) is 1.80. The Hall–Kier alpha value is -1.98. The molecular formula is C11H18N6. The van der Waals surface area contributed by atoms with E-state index in [0.717, 1.165) is 42.3 Å². The fourth-order valence-corrected chi connectivity index (χ4v) is 1.80. The van der Waals surface area contributed by atoms with Crippen LogP contribution in [0, 0.1) is 0 Å². The van der Waals surface area contributed by atoms with E-state index >= 15 is 0 Å². The second-order valence-corrected chi connectivity index (χ2v) is 3.94. The van der Waals surface area contributed by atoms with Gasteiger partial charge in [0.05, 0.1) is 17.7 Å². The van der Waals surface area contributed by atoms with Gasteiger partial charge in [-0.3, -0.25) is 4.68 Å². The number of H-pyrrole nitrogens is 1. The van der Waals surface area contributed by atoms with Crippen LogP contribution in [0.4, 0.5) is 11.5 Å². The van der Waals surface area contributed by atoms with Gasteiger partial charge in [0, 0.05) is 31.9 Å². The van der Waals surface area contributed by atoms with Gasteiger partial charge in [0.2, 0.25) is 0 Å². The van der Waals surface area contributed by atoms with Crippen molar-refractivity contribution in [3.63, 3.8) is 0 Å². The number of nitrogens with two attached hydrogens (primary N) is 1. The molecule has 0 aliphatic heterocycles. The minimum absolute atomic E-state index is 0.750. The summed E-state index contributed by atoms with van der Waals surface area (Å²) in [6, 6.07) is 0. The van der Waals surface area contributed by atoms with Crippen LogP contribution in [-0.2, 0) is 19.9 Å². The maximum Gasteiger partial charge on any atom is 0.147 e. The molecule has 0 bridgehead atoms. The summed E-state index contributed by atoms with van der Waals surface area (Å²) in [6.07, 6.45) is 5.24. The third-order valence-electron chi connectivity index (χ3n) is 2.74. The lowest BCUT2D eigenvalue weighted by Gasteiger charge is -2.06. The predicted octanol–water partition coefficient (Wildman–Crippen LogP) is 0.942. The van der Waals surface area contributed by atoms with Gasteiger partial charge in [-0.2, -0.15) is 5.10 Å². The summed E-state index contributed by atoms with van der Waals surface area (Å²) in [5, 5.41) is 7.66. The highest BCUT2D eigenvalue weighted by Crippen LogP contribution is 2.21. The van der Waals surface area contributed by atoms with Gasteiger partial charge < -0.3 is 16.0 Å². The van der Waals surface area contributed by atoms with Gasteiger partial charge in [-0.05, 0) is 6.42 Å². The molecule has 0 saturated carbocycles. The van der Waals surface area contributed by atoms with Crippen molar-refractivity contribution < 1.29 is 0 Å². The van der Waals surface area contributed by atoms with Crippen LogP contribution in [0.1, 0.15) is 18.3 Å². The number of hydrogen-bond acceptors (Lipinski definition) is 4. The SMILES string of the molecule is CCc1nn(C)c(NCCc2cnc[nH]2)c1N. The number of anilines is 2.